The third-order valence-corrected chi connectivity index (χ3v) is 5.61. The summed E-state index contributed by atoms with van der Waals surface area (Å²) in [6.45, 7) is 6.25. The van der Waals surface area contributed by atoms with Gasteiger partial charge in [0.05, 0.1) is 6.04 Å². The molecular weight excluding hydrogens is 306 g/mol. The number of thiophene rings is 1. The van der Waals surface area contributed by atoms with E-state index in [4.69, 9.17) is 0 Å². The first-order valence-corrected chi connectivity index (χ1v) is 8.86. The quantitative estimate of drug-likeness (QED) is 0.887. The Morgan fingerprint density at radius 1 is 1.29 bits per heavy atom. The van der Waals surface area contributed by atoms with Crippen molar-refractivity contribution in [1.29, 1.82) is 0 Å². The third-order valence-electron chi connectivity index (χ3n) is 3.23. The molecule has 2 N–H and O–H groups in total. The molecule has 21 heavy (non-hydrogen) atoms. The normalized spacial score (nSPS) is 13.1. The molecule has 0 fully saturated rings. The van der Waals surface area contributed by atoms with Crippen molar-refractivity contribution in [2.24, 2.45) is 0 Å². The van der Waals surface area contributed by atoms with Gasteiger partial charge < -0.3 is 5.32 Å². The Morgan fingerprint density at radius 3 is 2.48 bits per heavy atom. The second-order valence-electron chi connectivity index (χ2n) is 4.82. The van der Waals surface area contributed by atoms with E-state index in [2.05, 4.69) is 41.9 Å². The standard InChI is InChI=1S/C14H19N3O2S2/c1-9-7-13(11(3)20-9)10(2)17-14-6-5-12(8-16-14)21(18,19)15-4/h5-8,10,15H,1-4H3,(H,16,17). The summed E-state index contributed by atoms with van der Waals surface area (Å²) in [6.07, 6.45) is 1.35. The molecule has 2 rings (SSSR count). The van der Waals surface area contributed by atoms with E-state index in [1.165, 1.54) is 28.6 Å². The minimum absolute atomic E-state index is 0.120. The van der Waals surface area contributed by atoms with E-state index in [9.17, 15) is 8.42 Å². The van der Waals surface area contributed by atoms with Crippen molar-refractivity contribution in [1.82, 2.24) is 9.71 Å². The van der Waals surface area contributed by atoms with E-state index in [-0.39, 0.29) is 10.9 Å². The maximum Gasteiger partial charge on any atom is 0.241 e. The minimum Gasteiger partial charge on any atom is -0.364 e. The van der Waals surface area contributed by atoms with E-state index in [1.54, 1.807) is 23.5 Å². The van der Waals surface area contributed by atoms with Crippen LogP contribution in [0.1, 0.15) is 28.3 Å². The lowest BCUT2D eigenvalue weighted by Crippen LogP contribution is -2.18. The zero-order valence-electron chi connectivity index (χ0n) is 12.5. The van der Waals surface area contributed by atoms with Crippen LogP contribution in [0.2, 0.25) is 0 Å². The van der Waals surface area contributed by atoms with Gasteiger partial charge in [-0.3, -0.25) is 0 Å². The van der Waals surface area contributed by atoms with Gasteiger partial charge in [-0.1, -0.05) is 0 Å². The summed E-state index contributed by atoms with van der Waals surface area (Å²) in [7, 11) is -2.06. The van der Waals surface area contributed by atoms with Crippen molar-refractivity contribution in [3.8, 4) is 0 Å². The highest BCUT2D eigenvalue weighted by Crippen LogP contribution is 2.28. The minimum atomic E-state index is -3.44. The molecule has 0 saturated heterocycles. The molecule has 5 nitrogen and oxygen atoms in total. The Balaban J connectivity index is 2.15. The highest BCUT2D eigenvalue weighted by Gasteiger charge is 2.14. The van der Waals surface area contributed by atoms with Crippen LogP contribution in [-0.4, -0.2) is 20.4 Å². The van der Waals surface area contributed by atoms with Crippen LogP contribution in [-0.2, 0) is 10.0 Å². The first-order chi connectivity index (χ1) is 9.83. The number of anilines is 1. The Bertz CT molecular complexity index is 721. The molecule has 1 atom stereocenters. The SMILES string of the molecule is CNS(=O)(=O)c1ccc(NC(C)c2cc(C)sc2C)nc1. The molecule has 7 heteroatoms. The Labute approximate surface area is 129 Å². The molecule has 0 spiro atoms. The summed E-state index contributed by atoms with van der Waals surface area (Å²) >= 11 is 1.77. The number of rotatable bonds is 5. The molecule has 114 valence electrons. The first kappa shape index (κ1) is 15.9. The van der Waals surface area contributed by atoms with Gasteiger partial charge in [0.15, 0.2) is 0 Å². The van der Waals surface area contributed by atoms with Gasteiger partial charge in [-0.05, 0) is 51.6 Å². The van der Waals surface area contributed by atoms with Crippen molar-refractivity contribution >= 4 is 27.2 Å². The summed E-state index contributed by atoms with van der Waals surface area (Å²) in [5.41, 5.74) is 1.24. The molecule has 0 bridgehead atoms. The Hall–Kier alpha value is -1.44. The van der Waals surface area contributed by atoms with Crippen LogP contribution in [0, 0.1) is 13.8 Å². The van der Waals surface area contributed by atoms with E-state index < -0.39 is 10.0 Å². The molecule has 2 heterocycles. The van der Waals surface area contributed by atoms with Crippen molar-refractivity contribution in [2.45, 2.75) is 31.7 Å². The number of nitrogens with zero attached hydrogens (tertiary/aromatic N) is 1. The summed E-state index contributed by atoms with van der Waals surface area (Å²) in [5, 5.41) is 3.29. The fourth-order valence-electron chi connectivity index (χ4n) is 2.12. The van der Waals surface area contributed by atoms with E-state index >= 15 is 0 Å². The van der Waals surface area contributed by atoms with Crippen molar-refractivity contribution < 1.29 is 8.42 Å². The van der Waals surface area contributed by atoms with Gasteiger partial charge >= 0.3 is 0 Å². The largest absolute Gasteiger partial charge is 0.364 e. The third kappa shape index (κ3) is 3.61. The number of aryl methyl sites for hydroxylation is 2. The smallest absolute Gasteiger partial charge is 0.241 e. The molecule has 0 aromatic carbocycles. The van der Waals surface area contributed by atoms with Gasteiger partial charge in [-0.25, -0.2) is 18.1 Å². The Kier molecular flexibility index (Phi) is 4.65. The van der Waals surface area contributed by atoms with Crippen LogP contribution >= 0.6 is 11.3 Å². The summed E-state index contributed by atoms with van der Waals surface area (Å²) in [6, 6.07) is 5.50. The zero-order valence-corrected chi connectivity index (χ0v) is 14.1. The monoisotopic (exact) mass is 325 g/mol. The molecule has 1 unspecified atom stereocenters. The highest BCUT2D eigenvalue weighted by molar-refractivity contribution is 7.89. The number of aromatic nitrogens is 1. The van der Waals surface area contributed by atoms with Crippen LogP contribution in [0.15, 0.2) is 29.3 Å². The average molecular weight is 325 g/mol. The van der Waals surface area contributed by atoms with Crippen molar-refractivity contribution in [3.63, 3.8) is 0 Å². The summed E-state index contributed by atoms with van der Waals surface area (Å²) in [5.74, 6) is 0.654. The van der Waals surface area contributed by atoms with Gasteiger partial charge in [0.1, 0.15) is 10.7 Å². The van der Waals surface area contributed by atoms with Crippen LogP contribution in [0.5, 0.6) is 0 Å². The molecule has 2 aromatic heterocycles. The molecule has 2 aromatic rings. The second-order valence-corrected chi connectivity index (χ2v) is 8.17. The van der Waals surface area contributed by atoms with Crippen LogP contribution < -0.4 is 10.0 Å². The van der Waals surface area contributed by atoms with Crippen molar-refractivity contribution in [2.75, 3.05) is 12.4 Å². The van der Waals surface area contributed by atoms with E-state index in [0.29, 0.717) is 5.82 Å². The highest BCUT2D eigenvalue weighted by atomic mass is 32.2. The number of nitrogens with one attached hydrogen (secondary N) is 2. The lowest BCUT2D eigenvalue weighted by molar-refractivity contribution is 0.588. The van der Waals surface area contributed by atoms with Crippen molar-refractivity contribution in [3.05, 3.63) is 39.7 Å². The molecule has 0 amide bonds. The molecule has 0 saturated carbocycles. The molecule has 0 radical (unpaired) electrons. The first-order valence-electron chi connectivity index (χ1n) is 6.56. The lowest BCUT2D eigenvalue weighted by Gasteiger charge is -2.14. The van der Waals surface area contributed by atoms with E-state index in [1.807, 2.05) is 0 Å². The number of hydrogen-bond donors (Lipinski definition) is 2. The van der Waals surface area contributed by atoms with Gasteiger partial charge in [-0.15, -0.1) is 11.3 Å². The maximum absolute atomic E-state index is 11.6. The molecule has 0 aliphatic carbocycles. The van der Waals surface area contributed by atoms with E-state index in [0.717, 1.165) is 0 Å². The zero-order chi connectivity index (χ0) is 15.6. The predicted molar refractivity (Wildman–Crippen MR) is 86.3 cm³/mol. The number of hydrogen-bond acceptors (Lipinski definition) is 5. The summed E-state index contributed by atoms with van der Waals surface area (Å²) < 4.78 is 25.5. The van der Waals surface area contributed by atoms with Crippen LogP contribution in [0.25, 0.3) is 0 Å². The molecule has 0 aliphatic rings. The molecule has 0 aliphatic heterocycles. The van der Waals surface area contributed by atoms with Gasteiger partial charge in [0.25, 0.3) is 0 Å². The Morgan fingerprint density at radius 2 is 2.00 bits per heavy atom. The average Bonchev–Trinajstić information content (AvgIpc) is 2.78. The molecular formula is C14H19N3O2S2. The fourth-order valence-corrected chi connectivity index (χ4v) is 3.82. The number of sulfonamides is 1. The lowest BCUT2D eigenvalue weighted by atomic mass is 10.1. The fraction of sp³-hybridized carbons (Fsp3) is 0.357. The van der Waals surface area contributed by atoms with Crippen LogP contribution in [0.4, 0.5) is 5.82 Å². The second kappa shape index (κ2) is 6.13. The van der Waals surface area contributed by atoms with Gasteiger partial charge in [0.2, 0.25) is 10.0 Å². The van der Waals surface area contributed by atoms with Gasteiger partial charge in [0, 0.05) is 16.0 Å². The van der Waals surface area contributed by atoms with Gasteiger partial charge in [-0.2, -0.15) is 0 Å². The maximum atomic E-state index is 11.6. The predicted octanol–water partition coefficient (Wildman–Crippen LogP) is 2.84. The van der Waals surface area contributed by atoms with Crippen LogP contribution in [0.3, 0.4) is 0 Å². The summed E-state index contributed by atoms with van der Waals surface area (Å²) in [4.78, 5) is 6.88. The number of pyridine rings is 1. The topological polar surface area (TPSA) is 71.1 Å².